The Bertz CT molecular complexity index is 884. The Labute approximate surface area is 142 Å². The van der Waals surface area contributed by atoms with Gasteiger partial charge in [0.15, 0.2) is 5.65 Å². The van der Waals surface area contributed by atoms with Crippen LogP contribution in [0.25, 0.3) is 5.65 Å². The lowest BCUT2D eigenvalue weighted by atomic mass is 9.87. The lowest BCUT2D eigenvalue weighted by Crippen LogP contribution is -2.29. The van der Waals surface area contributed by atoms with E-state index in [1.54, 1.807) is 10.6 Å². The lowest BCUT2D eigenvalue weighted by molar-refractivity contribution is 0.587. The van der Waals surface area contributed by atoms with Crippen molar-refractivity contribution in [3.8, 4) is 0 Å². The molecular formula is C19H24N4O. The van der Waals surface area contributed by atoms with Crippen LogP contribution in [-0.4, -0.2) is 27.8 Å². The van der Waals surface area contributed by atoms with E-state index in [2.05, 4.69) is 55.0 Å². The normalized spacial score (nSPS) is 11.8. The predicted molar refractivity (Wildman–Crippen MR) is 97.9 cm³/mol. The van der Waals surface area contributed by atoms with E-state index in [1.165, 1.54) is 10.2 Å². The summed E-state index contributed by atoms with van der Waals surface area (Å²) in [5.41, 5.74) is 3.19. The number of anilines is 1. The number of rotatable bonds is 4. The standard InChI is InChI=1S/C19H24N4O/c1-19(2,3)15-8-10-16(11-9-15)21(4)13-14-23-18(24)22-12-6-5-7-17(22)20-23/h5-12H,13-14H2,1-4H3. The van der Waals surface area contributed by atoms with Crippen molar-refractivity contribution in [2.75, 3.05) is 18.5 Å². The molecule has 0 radical (unpaired) electrons. The third-order valence-electron chi connectivity index (χ3n) is 4.31. The summed E-state index contributed by atoms with van der Waals surface area (Å²) in [7, 11) is 2.03. The quantitative estimate of drug-likeness (QED) is 0.741. The largest absolute Gasteiger partial charge is 0.373 e. The van der Waals surface area contributed by atoms with E-state index >= 15 is 0 Å². The van der Waals surface area contributed by atoms with E-state index in [0.717, 1.165) is 12.2 Å². The predicted octanol–water partition coefficient (Wildman–Crippen LogP) is 2.93. The van der Waals surface area contributed by atoms with Crippen molar-refractivity contribution in [1.29, 1.82) is 0 Å². The number of fused-ring (bicyclic) bond motifs is 1. The summed E-state index contributed by atoms with van der Waals surface area (Å²) in [6, 6.07) is 14.2. The molecule has 2 heterocycles. The average Bonchev–Trinajstić information content (AvgIpc) is 2.88. The molecule has 126 valence electrons. The van der Waals surface area contributed by atoms with Crippen LogP contribution in [0.4, 0.5) is 5.69 Å². The van der Waals surface area contributed by atoms with Crippen molar-refractivity contribution >= 4 is 11.3 Å². The van der Waals surface area contributed by atoms with Gasteiger partial charge in [-0.15, -0.1) is 5.10 Å². The zero-order chi connectivity index (χ0) is 17.3. The molecule has 1 aromatic carbocycles. The maximum absolute atomic E-state index is 12.3. The van der Waals surface area contributed by atoms with Gasteiger partial charge in [-0.3, -0.25) is 4.40 Å². The number of hydrogen-bond donors (Lipinski definition) is 0. The number of benzene rings is 1. The first-order chi connectivity index (χ1) is 11.4. The highest BCUT2D eigenvalue weighted by atomic mass is 16.2. The Balaban J connectivity index is 1.71. The monoisotopic (exact) mass is 324 g/mol. The third kappa shape index (κ3) is 3.20. The van der Waals surface area contributed by atoms with Crippen molar-refractivity contribution < 1.29 is 0 Å². The molecule has 0 aliphatic carbocycles. The van der Waals surface area contributed by atoms with Gasteiger partial charge in [0.2, 0.25) is 0 Å². The Kier molecular flexibility index (Phi) is 4.18. The maximum atomic E-state index is 12.3. The van der Waals surface area contributed by atoms with Gasteiger partial charge >= 0.3 is 5.69 Å². The molecule has 0 fully saturated rings. The summed E-state index contributed by atoms with van der Waals surface area (Å²) < 4.78 is 3.09. The van der Waals surface area contributed by atoms with Gasteiger partial charge < -0.3 is 4.90 Å². The molecule has 2 aromatic heterocycles. The van der Waals surface area contributed by atoms with Crippen molar-refractivity contribution in [3.05, 3.63) is 64.7 Å². The molecule has 3 rings (SSSR count). The number of nitrogens with zero attached hydrogens (tertiary/aromatic N) is 4. The Morgan fingerprint density at radius 2 is 1.79 bits per heavy atom. The number of hydrogen-bond acceptors (Lipinski definition) is 3. The molecule has 0 spiro atoms. The Morgan fingerprint density at radius 3 is 2.42 bits per heavy atom. The second kappa shape index (κ2) is 6.15. The van der Waals surface area contributed by atoms with Gasteiger partial charge in [0.25, 0.3) is 0 Å². The van der Waals surface area contributed by atoms with Crippen LogP contribution < -0.4 is 10.6 Å². The topological polar surface area (TPSA) is 42.5 Å². The summed E-state index contributed by atoms with van der Waals surface area (Å²) in [5, 5.41) is 4.36. The van der Waals surface area contributed by atoms with E-state index in [-0.39, 0.29) is 11.1 Å². The molecule has 3 aromatic rings. The smallest absolute Gasteiger partial charge is 0.350 e. The lowest BCUT2D eigenvalue weighted by Gasteiger charge is -2.22. The van der Waals surface area contributed by atoms with Crippen LogP contribution in [0, 0.1) is 0 Å². The molecule has 0 saturated carbocycles. The maximum Gasteiger partial charge on any atom is 0.350 e. The number of aromatic nitrogens is 3. The van der Waals surface area contributed by atoms with E-state index in [0.29, 0.717) is 12.2 Å². The van der Waals surface area contributed by atoms with Crippen LogP contribution in [0.1, 0.15) is 26.3 Å². The highest BCUT2D eigenvalue weighted by Gasteiger charge is 2.13. The van der Waals surface area contributed by atoms with E-state index in [9.17, 15) is 4.79 Å². The van der Waals surface area contributed by atoms with Gasteiger partial charge in [0.05, 0.1) is 6.54 Å². The van der Waals surface area contributed by atoms with Crippen molar-refractivity contribution in [3.63, 3.8) is 0 Å². The van der Waals surface area contributed by atoms with E-state index in [1.807, 2.05) is 25.2 Å². The zero-order valence-electron chi connectivity index (χ0n) is 14.7. The van der Waals surface area contributed by atoms with Crippen molar-refractivity contribution in [2.24, 2.45) is 0 Å². The van der Waals surface area contributed by atoms with Crippen LogP contribution >= 0.6 is 0 Å². The summed E-state index contributed by atoms with van der Waals surface area (Å²) in [5.74, 6) is 0. The van der Waals surface area contributed by atoms with Gasteiger partial charge in [-0.1, -0.05) is 39.0 Å². The molecule has 0 bridgehead atoms. The fraction of sp³-hybridized carbons (Fsp3) is 0.368. The first-order valence-electron chi connectivity index (χ1n) is 8.22. The van der Waals surface area contributed by atoms with Gasteiger partial charge in [0.1, 0.15) is 0 Å². The second-order valence-electron chi connectivity index (χ2n) is 7.15. The molecule has 0 saturated heterocycles. The van der Waals surface area contributed by atoms with Crippen molar-refractivity contribution in [1.82, 2.24) is 14.2 Å². The molecule has 0 aliphatic heterocycles. The Morgan fingerprint density at radius 1 is 1.08 bits per heavy atom. The molecule has 5 heteroatoms. The van der Waals surface area contributed by atoms with E-state index < -0.39 is 0 Å². The summed E-state index contributed by atoms with van der Waals surface area (Å²) in [4.78, 5) is 14.4. The zero-order valence-corrected chi connectivity index (χ0v) is 14.7. The Hall–Kier alpha value is -2.56. The van der Waals surface area contributed by atoms with Crippen LogP contribution in [0.5, 0.6) is 0 Å². The highest BCUT2D eigenvalue weighted by molar-refractivity contribution is 5.47. The first kappa shape index (κ1) is 16.3. The minimum Gasteiger partial charge on any atom is -0.373 e. The van der Waals surface area contributed by atoms with Crippen LogP contribution in [-0.2, 0) is 12.0 Å². The van der Waals surface area contributed by atoms with Crippen LogP contribution in [0.2, 0.25) is 0 Å². The molecule has 0 N–H and O–H groups in total. The highest BCUT2D eigenvalue weighted by Crippen LogP contribution is 2.24. The summed E-state index contributed by atoms with van der Waals surface area (Å²) >= 11 is 0. The van der Waals surface area contributed by atoms with Gasteiger partial charge in [-0.25, -0.2) is 9.48 Å². The fourth-order valence-corrected chi connectivity index (χ4v) is 2.70. The average molecular weight is 324 g/mol. The molecular weight excluding hydrogens is 300 g/mol. The minimum atomic E-state index is -0.0953. The van der Waals surface area contributed by atoms with Gasteiger partial charge in [-0.05, 0) is 35.2 Å². The number of likely N-dealkylation sites (N-methyl/N-ethyl adjacent to an activating group) is 1. The molecule has 0 unspecified atom stereocenters. The second-order valence-corrected chi connectivity index (χ2v) is 7.15. The third-order valence-corrected chi connectivity index (χ3v) is 4.31. The molecule has 24 heavy (non-hydrogen) atoms. The van der Waals surface area contributed by atoms with Gasteiger partial charge in [-0.2, -0.15) is 0 Å². The summed E-state index contributed by atoms with van der Waals surface area (Å²) in [6.07, 6.45) is 1.75. The van der Waals surface area contributed by atoms with Crippen molar-refractivity contribution in [2.45, 2.75) is 32.7 Å². The van der Waals surface area contributed by atoms with Gasteiger partial charge in [0, 0.05) is 25.5 Å². The van der Waals surface area contributed by atoms with Crippen LogP contribution in [0.15, 0.2) is 53.5 Å². The van der Waals surface area contributed by atoms with Crippen LogP contribution in [0.3, 0.4) is 0 Å². The summed E-state index contributed by atoms with van der Waals surface area (Å²) in [6.45, 7) is 7.90. The SMILES string of the molecule is CN(CCn1nc2ccccn2c1=O)c1ccc(C(C)(C)C)cc1. The molecule has 0 amide bonds. The minimum absolute atomic E-state index is 0.0953. The number of pyridine rings is 1. The molecule has 5 nitrogen and oxygen atoms in total. The van der Waals surface area contributed by atoms with E-state index in [4.69, 9.17) is 0 Å². The fourth-order valence-electron chi connectivity index (χ4n) is 2.70. The molecule has 0 aliphatic rings. The molecule has 0 atom stereocenters. The first-order valence-corrected chi connectivity index (χ1v) is 8.22.